The molecule has 0 N–H and O–H groups in total. The number of nitro groups is 1. The minimum Gasteiger partial charge on any atom is -0.548 e. The third-order valence-electron chi connectivity index (χ3n) is 3.40. The molecule has 0 aliphatic carbocycles. The van der Waals surface area contributed by atoms with Crippen molar-refractivity contribution in [2.45, 2.75) is 26.3 Å². The lowest BCUT2D eigenvalue weighted by molar-refractivity contribution is -0.385. The van der Waals surface area contributed by atoms with Gasteiger partial charge in [-0.05, 0) is 18.4 Å². The molecule has 1 aromatic rings. The number of fused-ring (bicyclic) bond motifs is 1. The molecule has 0 fully saturated rings. The van der Waals surface area contributed by atoms with Crippen molar-refractivity contribution in [3.05, 3.63) is 39.4 Å². The second-order valence-electron chi connectivity index (χ2n) is 5.40. The maximum Gasteiger partial charge on any atom is 0.282 e. The summed E-state index contributed by atoms with van der Waals surface area (Å²) in [4.78, 5) is 46.7. The molecule has 0 saturated carbocycles. The van der Waals surface area contributed by atoms with Gasteiger partial charge in [-0.25, -0.2) is 0 Å². The van der Waals surface area contributed by atoms with Crippen LogP contribution in [0.2, 0.25) is 0 Å². The van der Waals surface area contributed by atoms with Gasteiger partial charge < -0.3 is 9.90 Å². The van der Waals surface area contributed by atoms with Gasteiger partial charge in [0, 0.05) is 6.07 Å². The van der Waals surface area contributed by atoms with E-state index in [0.29, 0.717) is 4.90 Å². The van der Waals surface area contributed by atoms with Crippen LogP contribution in [0.3, 0.4) is 0 Å². The zero-order valence-electron chi connectivity index (χ0n) is 11.9. The molecule has 0 bridgehead atoms. The highest BCUT2D eigenvalue weighted by Crippen LogP contribution is 2.32. The number of carboxylic acids is 1. The van der Waals surface area contributed by atoms with E-state index in [0.717, 1.165) is 6.07 Å². The Hall–Kier alpha value is -2.77. The van der Waals surface area contributed by atoms with E-state index in [2.05, 4.69) is 0 Å². The van der Waals surface area contributed by atoms with E-state index in [9.17, 15) is 29.6 Å². The van der Waals surface area contributed by atoms with Gasteiger partial charge in [0.1, 0.15) is 5.56 Å². The Morgan fingerprint density at radius 1 is 1.27 bits per heavy atom. The van der Waals surface area contributed by atoms with Crippen LogP contribution < -0.4 is 5.11 Å². The van der Waals surface area contributed by atoms with Crippen LogP contribution in [0.15, 0.2) is 18.2 Å². The lowest BCUT2D eigenvalue weighted by Crippen LogP contribution is -2.51. The van der Waals surface area contributed by atoms with Crippen molar-refractivity contribution in [3.63, 3.8) is 0 Å². The molecular weight excluding hydrogens is 292 g/mol. The number of rotatable bonds is 5. The van der Waals surface area contributed by atoms with Crippen molar-refractivity contribution in [3.8, 4) is 0 Å². The van der Waals surface area contributed by atoms with Crippen LogP contribution in [-0.4, -0.2) is 33.6 Å². The van der Waals surface area contributed by atoms with Crippen LogP contribution in [-0.2, 0) is 4.79 Å². The van der Waals surface area contributed by atoms with Gasteiger partial charge in [0.05, 0.1) is 22.5 Å². The summed E-state index contributed by atoms with van der Waals surface area (Å²) in [6, 6.07) is 2.20. The Kier molecular flexibility index (Phi) is 3.94. The Balaban J connectivity index is 2.53. The number of hydrogen-bond donors (Lipinski definition) is 0. The van der Waals surface area contributed by atoms with Crippen molar-refractivity contribution >= 4 is 23.5 Å². The van der Waals surface area contributed by atoms with E-state index in [1.165, 1.54) is 12.1 Å². The predicted octanol–water partition coefficient (Wildman–Crippen LogP) is 0.355. The van der Waals surface area contributed by atoms with E-state index in [-0.39, 0.29) is 23.5 Å². The summed E-state index contributed by atoms with van der Waals surface area (Å²) in [5, 5.41) is 22.3. The Bertz CT molecular complexity index is 682. The highest BCUT2D eigenvalue weighted by atomic mass is 16.6. The van der Waals surface area contributed by atoms with Crippen molar-refractivity contribution < 1.29 is 24.4 Å². The van der Waals surface area contributed by atoms with Crippen molar-refractivity contribution in [2.24, 2.45) is 5.92 Å². The number of carbonyl (C=O) groups excluding carboxylic acids is 3. The largest absolute Gasteiger partial charge is 0.548 e. The number of benzene rings is 1. The molecule has 0 saturated heterocycles. The average Bonchev–Trinajstić information content (AvgIpc) is 2.68. The van der Waals surface area contributed by atoms with Gasteiger partial charge in [-0.2, -0.15) is 0 Å². The first-order chi connectivity index (χ1) is 10.3. The van der Waals surface area contributed by atoms with Crippen LogP contribution in [0.1, 0.15) is 41.0 Å². The molecule has 2 rings (SSSR count). The molecule has 8 nitrogen and oxygen atoms in total. The quantitative estimate of drug-likeness (QED) is 0.440. The summed E-state index contributed by atoms with van der Waals surface area (Å²) in [5.74, 6) is -3.49. The smallest absolute Gasteiger partial charge is 0.282 e. The van der Waals surface area contributed by atoms with E-state index in [1.807, 2.05) is 0 Å². The minimum absolute atomic E-state index is 0.0155. The molecule has 1 aromatic carbocycles. The van der Waals surface area contributed by atoms with Gasteiger partial charge in [0.15, 0.2) is 0 Å². The molecule has 1 atom stereocenters. The second-order valence-corrected chi connectivity index (χ2v) is 5.40. The highest BCUT2D eigenvalue weighted by molar-refractivity contribution is 6.24. The second kappa shape index (κ2) is 5.55. The molecule has 8 heteroatoms. The van der Waals surface area contributed by atoms with Crippen molar-refractivity contribution in [2.75, 3.05) is 0 Å². The Morgan fingerprint density at radius 2 is 1.91 bits per heavy atom. The number of carboxylic acid groups (broad SMARTS) is 1. The molecule has 22 heavy (non-hydrogen) atoms. The fourth-order valence-electron chi connectivity index (χ4n) is 2.47. The number of aliphatic carboxylic acids is 1. The first kappa shape index (κ1) is 15.6. The summed E-state index contributed by atoms with van der Waals surface area (Å²) < 4.78 is 0. The summed E-state index contributed by atoms with van der Waals surface area (Å²) in [6.07, 6.45) is 0.0155. The van der Waals surface area contributed by atoms with Crippen LogP contribution in [0.5, 0.6) is 0 Å². The lowest BCUT2D eigenvalue weighted by Gasteiger charge is -2.28. The van der Waals surface area contributed by atoms with Crippen LogP contribution >= 0.6 is 0 Å². The normalized spacial score (nSPS) is 15.1. The molecule has 0 aromatic heterocycles. The number of amides is 2. The standard InChI is InChI=1S/C14H14N2O6/c1-7(2)6-10(14(19)20)15-12(17)8-4-3-5-9(16(21)22)11(8)13(15)18/h3-5,7,10H,6H2,1-2H3,(H,19,20)/p-1/t10-/m1/s1. The summed E-state index contributed by atoms with van der Waals surface area (Å²) in [5.41, 5.74) is -1.04. The van der Waals surface area contributed by atoms with Crippen LogP contribution in [0.4, 0.5) is 5.69 Å². The number of imide groups is 1. The summed E-state index contributed by atoms with van der Waals surface area (Å²) in [7, 11) is 0. The fraction of sp³-hybridized carbons (Fsp3) is 0.357. The fourth-order valence-corrected chi connectivity index (χ4v) is 2.47. The number of nitrogens with zero attached hydrogens (tertiary/aromatic N) is 2. The van der Waals surface area contributed by atoms with Crippen LogP contribution in [0.25, 0.3) is 0 Å². The van der Waals surface area contributed by atoms with Gasteiger partial charge in [0.2, 0.25) is 0 Å². The predicted molar refractivity (Wildman–Crippen MR) is 71.8 cm³/mol. The van der Waals surface area contributed by atoms with Crippen LogP contribution in [0, 0.1) is 16.0 Å². The first-order valence-corrected chi connectivity index (χ1v) is 6.61. The highest BCUT2D eigenvalue weighted by Gasteiger charge is 2.44. The molecule has 0 radical (unpaired) electrons. The summed E-state index contributed by atoms with van der Waals surface area (Å²) in [6.45, 7) is 3.47. The SMILES string of the molecule is CC(C)C[C@H](C(=O)[O-])N1C(=O)c2cccc([N+](=O)[O-])c2C1=O. The third kappa shape index (κ3) is 2.43. The van der Waals surface area contributed by atoms with Gasteiger partial charge in [-0.3, -0.25) is 24.6 Å². The van der Waals surface area contributed by atoms with E-state index in [4.69, 9.17) is 0 Å². The molecular formula is C14H13N2O6-. The molecule has 1 aliphatic rings. The third-order valence-corrected chi connectivity index (χ3v) is 3.40. The molecule has 0 unspecified atom stereocenters. The Labute approximate surface area is 125 Å². The Morgan fingerprint density at radius 3 is 2.41 bits per heavy atom. The van der Waals surface area contributed by atoms with E-state index in [1.54, 1.807) is 13.8 Å². The monoisotopic (exact) mass is 305 g/mol. The maximum absolute atomic E-state index is 12.4. The molecule has 1 aliphatic heterocycles. The first-order valence-electron chi connectivity index (χ1n) is 6.61. The van der Waals surface area contributed by atoms with Crippen molar-refractivity contribution in [1.82, 2.24) is 4.90 Å². The van der Waals surface area contributed by atoms with Gasteiger partial charge in [-0.1, -0.05) is 19.9 Å². The zero-order valence-corrected chi connectivity index (χ0v) is 11.9. The molecule has 0 spiro atoms. The number of nitro benzene ring substituents is 1. The number of carbonyl (C=O) groups is 3. The van der Waals surface area contributed by atoms with Crippen molar-refractivity contribution in [1.29, 1.82) is 0 Å². The molecule has 2 amide bonds. The van der Waals surface area contributed by atoms with E-state index < -0.39 is 34.4 Å². The topological polar surface area (TPSA) is 121 Å². The van der Waals surface area contributed by atoms with Gasteiger partial charge in [0.25, 0.3) is 17.5 Å². The molecule has 116 valence electrons. The lowest BCUT2D eigenvalue weighted by atomic mass is 10.0. The van der Waals surface area contributed by atoms with Gasteiger partial charge in [-0.15, -0.1) is 0 Å². The molecule has 1 heterocycles. The van der Waals surface area contributed by atoms with E-state index >= 15 is 0 Å². The zero-order chi connectivity index (χ0) is 16.6. The minimum atomic E-state index is -1.56. The summed E-state index contributed by atoms with van der Waals surface area (Å²) >= 11 is 0. The van der Waals surface area contributed by atoms with Gasteiger partial charge >= 0.3 is 0 Å². The average molecular weight is 305 g/mol. The maximum atomic E-state index is 12.4. The number of hydrogen-bond acceptors (Lipinski definition) is 6.